The van der Waals surface area contributed by atoms with E-state index in [4.69, 9.17) is 5.73 Å². The molecule has 0 radical (unpaired) electrons. The summed E-state index contributed by atoms with van der Waals surface area (Å²) in [6.07, 6.45) is -1.80. The van der Waals surface area contributed by atoms with Gasteiger partial charge in [-0.1, -0.05) is 12.1 Å². The van der Waals surface area contributed by atoms with E-state index in [1.807, 2.05) is 0 Å². The van der Waals surface area contributed by atoms with Gasteiger partial charge in [0.25, 0.3) is 0 Å². The van der Waals surface area contributed by atoms with E-state index in [1.165, 1.54) is 12.8 Å². The number of hydrogen-bond acceptors (Lipinski definition) is 2. The second-order valence-electron chi connectivity index (χ2n) is 6.11. The van der Waals surface area contributed by atoms with Crippen LogP contribution in [0.2, 0.25) is 0 Å². The monoisotopic (exact) mass is 300 g/mol. The maximum Gasteiger partial charge on any atom is 0.416 e. The topological polar surface area (TPSA) is 29.3 Å². The van der Waals surface area contributed by atoms with Crippen LogP contribution in [0.3, 0.4) is 0 Å². The molecule has 0 heterocycles. The van der Waals surface area contributed by atoms with E-state index >= 15 is 0 Å². The van der Waals surface area contributed by atoms with Crippen molar-refractivity contribution in [2.24, 2.45) is 11.7 Å². The minimum absolute atomic E-state index is 0.0205. The Bertz CT molecular complexity index is 450. The van der Waals surface area contributed by atoms with Gasteiger partial charge in [-0.2, -0.15) is 13.2 Å². The first-order valence-electron chi connectivity index (χ1n) is 7.46. The number of alkyl halides is 3. The highest BCUT2D eigenvalue weighted by Gasteiger charge is 2.32. The van der Waals surface area contributed by atoms with E-state index in [2.05, 4.69) is 18.7 Å². The fourth-order valence-electron chi connectivity index (χ4n) is 2.65. The van der Waals surface area contributed by atoms with Crippen molar-refractivity contribution in [3.05, 3.63) is 35.4 Å². The van der Waals surface area contributed by atoms with Crippen molar-refractivity contribution in [2.45, 2.75) is 44.9 Å². The third-order valence-electron chi connectivity index (χ3n) is 4.08. The molecule has 0 aromatic heterocycles. The first-order valence-corrected chi connectivity index (χ1v) is 7.46. The molecule has 1 aliphatic carbocycles. The maximum atomic E-state index is 12.6. The van der Waals surface area contributed by atoms with Crippen LogP contribution in [0.4, 0.5) is 13.2 Å². The average Bonchev–Trinajstić information content (AvgIpc) is 3.22. The molecule has 21 heavy (non-hydrogen) atoms. The zero-order chi connectivity index (χ0) is 15.6. The molecule has 1 aromatic rings. The van der Waals surface area contributed by atoms with Crippen LogP contribution < -0.4 is 5.73 Å². The molecule has 1 saturated carbocycles. The Balaban J connectivity index is 2.18. The van der Waals surface area contributed by atoms with E-state index in [0.717, 1.165) is 30.2 Å². The zero-order valence-electron chi connectivity index (χ0n) is 12.5. The molecule has 118 valence electrons. The largest absolute Gasteiger partial charge is 0.416 e. The summed E-state index contributed by atoms with van der Waals surface area (Å²) in [5, 5.41) is 0. The summed E-state index contributed by atoms with van der Waals surface area (Å²) in [6, 6.07) is 5.71. The van der Waals surface area contributed by atoms with Crippen molar-refractivity contribution >= 4 is 0 Å². The van der Waals surface area contributed by atoms with E-state index in [1.54, 1.807) is 12.1 Å². The van der Waals surface area contributed by atoms with Gasteiger partial charge >= 0.3 is 6.18 Å². The molecule has 0 aliphatic heterocycles. The van der Waals surface area contributed by atoms with Crippen LogP contribution in [0.15, 0.2) is 24.3 Å². The van der Waals surface area contributed by atoms with Gasteiger partial charge in [-0.15, -0.1) is 0 Å². The first kappa shape index (κ1) is 16.3. The lowest BCUT2D eigenvalue weighted by molar-refractivity contribution is -0.137. The maximum absolute atomic E-state index is 12.6. The Labute approximate surface area is 124 Å². The number of halogens is 3. The Morgan fingerprint density at radius 1 is 1.19 bits per heavy atom. The molecule has 0 saturated heterocycles. The van der Waals surface area contributed by atoms with E-state index in [9.17, 15) is 13.2 Å². The molecular weight excluding hydrogens is 277 g/mol. The predicted molar refractivity (Wildman–Crippen MR) is 77.8 cm³/mol. The molecule has 1 aliphatic rings. The first-order chi connectivity index (χ1) is 9.82. The second-order valence-corrected chi connectivity index (χ2v) is 6.11. The van der Waals surface area contributed by atoms with Crippen LogP contribution in [0.5, 0.6) is 0 Å². The van der Waals surface area contributed by atoms with Gasteiger partial charge in [-0.25, -0.2) is 0 Å². The Morgan fingerprint density at radius 3 is 2.14 bits per heavy atom. The van der Waals surface area contributed by atoms with Crippen molar-refractivity contribution in [1.82, 2.24) is 4.90 Å². The summed E-state index contributed by atoms with van der Waals surface area (Å²) in [7, 11) is 0. The third kappa shape index (κ3) is 4.20. The Morgan fingerprint density at radius 2 is 1.76 bits per heavy atom. The van der Waals surface area contributed by atoms with E-state index < -0.39 is 11.7 Å². The minimum Gasteiger partial charge on any atom is -0.329 e. The standard InChI is InChI=1S/C16H23F3N2/c1-11(2)21(10-12-3-4-12)15(9-20)13-5-7-14(8-6-13)16(17,18)19/h5-8,11-12,15H,3-4,9-10,20H2,1-2H3. The fraction of sp³-hybridized carbons (Fsp3) is 0.625. The van der Waals surface area contributed by atoms with Gasteiger partial charge in [0.05, 0.1) is 5.56 Å². The lowest BCUT2D eigenvalue weighted by Gasteiger charge is -2.35. The Kier molecular flexibility index (Phi) is 4.94. The summed E-state index contributed by atoms with van der Waals surface area (Å²) in [5.74, 6) is 0.718. The smallest absolute Gasteiger partial charge is 0.329 e. The highest BCUT2D eigenvalue weighted by atomic mass is 19.4. The van der Waals surface area contributed by atoms with Crippen LogP contribution in [0.25, 0.3) is 0 Å². The minimum atomic E-state index is -4.29. The molecule has 0 bridgehead atoms. The van der Waals surface area contributed by atoms with Gasteiger partial charge in [0.15, 0.2) is 0 Å². The molecule has 5 heteroatoms. The van der Waals surface area contributed by atoms with Gasteiger partial charge in [0.2, 0.25) is 0 Å². The van der Waals surface area contributed by atoms with Crippen LogP contribution in [-0.4, -0.2) is 24.0 Å². The molecular formula is C16H23F3N2. The number of nitrogens with zero attached hydrogens (tertiary/aromatic N) is 1. The Hall–Kier alpha value is -1.07. The van der Waals surface area contributed by atoms with Crippen LogP contribution in [-0.2, 0) is 6.18 Å². The number of hydrogen-bond donors (Lipinski definition) is 1. The van der Waals surface area contributed by atoms with Crippen molar-refractivity contribution in [1.29, 1.82) is 0 Å². The number of rotatable bonds is 6. The van der Waals surface area contributed by atoms with Gasteiger partial charge < -0.3 is 5.73 Å². The van der Waals surface area contributed by atoms with Crippen LogP contribution in [0, 0.1) is 5.92 Å². The van der Waals surface area contributed by atoms with Gasteiger partial charge in [-0.05, 0) is 50.3 Å². The number of nitrogens with two attached hydrogens (primary N) is 1. The molecule has 1 fully saturated rings. The van der Waals surface area contributed by atoms with Crippen molar-refractivity contribution in [3.8, 4) is 0 Å². The highest BCUT2D eigenvalue weighted by molar-refractivity contribution is 5.27. The summed E-state index contributed by atoms with van der Waals surface area (Å²) < 4.78 is 37.9. The fourth-order valence-corrected chi connectivity index (χ4v) is 2.65. The van der Waals surface area contributed by atoms with Gasteiger partial charge in [0, 0.05) is 25.2 Å². The van der Waals surface area contributed by atoms with Gasteiger partial charge in [0.1, 0.15) is 0 Å². The lowest BCUT2D eigenvalue weighted by Crippen LogP contribution is -2.40. The molecule has 2 nitrogen and oxygen atoms in total. The molecule has 1 atom stereocenters. The van der Waals surface area contributed by atoms with Crippen molar-refractivity contribution < 1.29 is 13.2 Å². The highest BCUT2D eigenvalue weighted by Crippen LogP contribution is 2.35. The molecule has 2 N–H and O–H groups in total. The summed E-state index contributed by atoms with van der Waals surface area (Å²) >= 11 is 0. The summed E-state index contributed by atoms with van der Waals surface area (Å²) in [4.78, 5) is 2.31. The molecule has 1 aromatic carbocycles. The van der Waals surface area contributed by atoms with Crippen LogP contribution >= 0.6 is 0 Å². The predicted octanol–water partition coefficient (Wildman–Crippen LogP) is 3.83. The van der Waals surface area contributed by atoms with E-state index in [0.29, 0.717) is 12.6 Å². The summed E-state index contributed by atoms with van der Waals surface area (Å²) in [5.41, 5.74) is 6.15. The van der Waals surface area contributed by atoms with E-state index in [-0.39, 0.29) is 6.04 Å². The molecule has 2 rings (SSSR count). The third-order valence-corrected chi connectivity index (χ3v) is 4.08. The normalized spacial score (nSPS) is 17.5. The quantitative estimate of drug-likeness (QED) is 0.865. The van der Waals surface area contributed by atoms with Crippen molar-refractivity contribution in [3.63, 3.8) is 0 Å². The molecule has 1 unspecified atom stereocenters. The molecule has 0 spiro atoms. The average molecular weight is 300 g/mol. The molecule has 0 amide bonds. The van der Waals surface area contributed by atoms with Gasteiger partial charge in [-0.3, -0.25) is 4.90 Å². The number of benzene rings is 1. The zero-order valence-corrected chi connectivity index (χ0v) is 12.5. The lowest BCUT2D eigenvalue weighted by atomic mass is 10.0. The van der Waals surface area contributed by atoms with Crippen LogP contribution in [0.1, 0.15) is 43.9 Å². The second kappa shape index (κ2) is 6.36. The SMILES string of the molecule is CC(C)N(CC1CC1)C(CN)c1ccc(C(F)(F)F)cc1. The summed E-state index contributed by atoms with van der Waals surface area (Å²) in [6.45, 7) is 5.60. The van der Waals surface area contributed by atoms with Crippen molar-refractivity contribution in [2.75, 3.05) is 13.1 Å².